The third-order valence-electron chi connectivity index (χ3n) is 13.4. The molecule has 4 aliphatic rings. The highest BCUT2D eigenvalue weighted by Crippen LogP contribution is 2.35. The number of hydrogen-bond acceptors (Lipinski definition) is 16. The van der Waals surface area contributed by atoms with E-state index in [0.717, 1.165) is 95.5 Å². The van der Waals surface area contributed by atoms with Gasteiger partial charge in [0.2, 0.25) is 11.9 Å². The van der Waals surface area contributed by atoms with Crippen LogP contribution in [-0.2, 0) is 20.8 Å². The SMILES string of the molecule is CNC(=O)c1cccc(-c2ccc3c(N4CCOC[C@@H]4C)nc(N4CCCC[C@@H]4C)nc3n2)c1.COc1ccc(-c2ccc3c(N4CCOC[C@@H]4C)nc(N4CCOC[C@@H]4C)nc3n2)cc1CO. The number of carbonyl (C=O) groups excluding carboxylic acids is 1. The zero-order valence-corrected chi connectivity index (χ0v) is 40.0. The molecule has 0 saturated carbocycles. The van der Waals surface area contributed by atoms with Gasteiger partial charge in [0.05, 0.1) is 93.6 Å². The van der Waals surface area contributed by atoms with Crippen LogP contribution in [0.15, 0.2) is 66.7 Å². The van der Waals surface area contributed by atoms with Crippen LogP contribution in [0.4, 0.5) is 23.5 Å². The summed E-state index contributed by atoms with van der Waals surface area (Å²) >= 11 is 0. The molecule has 8 heterocycles. The van der Waals surface area contributed by atoms with Crippen molar-refractivity contribution in [2.45, 2.75) is 77.7 Å². The summed E-state index contributed by atoms with van der Waals surface area (Å²) in [5.41, 5.74) is 6.01. The first-order valence-electron chi connectivity index (χ1n) is 23.9. The normalized spacial score (nSPS) is 21.1. The lowest BCUT2D eigenvalue weighted by Crippen LogP contribution is -2.46. The van der Waals surface area contributed by atoms with Gasteiger partial charge in [-0.05, 0) is 102 Å². The number of anilines is 4. The molecule has 2 aromatic carbocycles. The quantitative estimate of drug-likeness (QED) is 0.165. The van der Waals surface area contributed by atoms with E-state index in [4.69, 9.17) is 48.9 Å². The number of nitrogens with zero attached hydrogens (tertiary/aromatic N) is 10. The number of fused-ring (bicyclic) bond motifs is 2. The summed E-state index contributed by atoms with van der Waals surface area (Å²) in [6, 6.07) is 22.3. The molecule has 2 N–H and O–H groups in total. The van der Waals surface area contributed by atoms with Crippen LogP contribution in [-0.4, -0.2) is 145 Å². The van der Waals surface area contributed by atoms with Gasteiger partial charge in [0.1, 0.15) is 17.4 Å². The summed E-state index contributed by atoms with van der Waals surface area (Å²) in [7, 11) is 3.24. The van der Waals surface area contributed by atoms with Crippen molar-refractivity contribution in [1.29, 1.82) is 0 Å². The molecule has 6 aromatic rings. The molecular weight excluding hydrogens is 863 g/mol. The van der Waals surface area contributed by atoms with Gasteiger partial charge in [0.15, 0.2) is 11.3 Å². The van der Waals surface area contributed by atoms with Crippen LogP contribution < -0.4 is 29.7 Å². The molecule has 68 heavy (non-hydrogen) atoms. The number of rotatable bonds is 9. The van der Waals surface area contributed by atoms with Crippen molar-refractivity contribution >= 4 is 51.5 Å². The molecule has 17 nitrogen and oxygen atoms in total. The van der Waals surface area contributed by atoms with E-state index < -0.39 is 0 Å². The Bertz CT molecular complexity index is 2740. The maximum Gasteiger partial charge on any atom is 0.251 e. The predicted molar refractivity (Wildman–Crippen MR) is 265 cm³/mol. The Morgan fingerprint density at radius 1 is 0.647 bits per heavy atom. The van der Waals surface area contributed by atoms with Crippen molar-refractivity contribution in [2.24, 2.45) is 0 Å². The van der Waals surface area contributed by atoms with Crippen molar-refractivity contribution in [3.05, 3.63) is 77.9 Å². The molecule has 0 unspecified atom stereocenters. The Kier molecular flexibility index (Phi) is 14.4. The molecule has 0 aliphatic carbocycles. The number of methoxy groups -OCH3 is 1. The number of benzene rings is 2. The van der Waals surface area contributed by atoms with E-state index in [2.05, 4.69) is 58.7 Å². The van der Waals surface area contributed by atoms with E-state index in [9.17, 15) is 9.90 Å². The van der Waals surface area contributed by atoms with Crippen LogP contribution in [0.5, 0.6) is 5.75 Å². The van der Waals surface area contributed by atoms with E-state index in [1.807, 2.05) is 54.6 Å². The molecule has 4 aliphatic heterocycles. The highest BCUT2D eigenvalue weighted by atomic mass is 16.5. The first kappa shape index (κ1) is 46.8. The molecule has 4 aromatic heterocycles. The van der Waals surface area contributed by atoms with Gasteiger partial charge in [-0.3, -0.25) is 4.79 Å². The van der Waals surface area contributed by atoms with E-state index in [1.54, 1.807) is 20.2 Å². The fourth-order valence-corrected chi connectivity index (χ4v) is 9.51. The van der Waals surface area contributed by atoms with Gasteiger partial charge in [-0.15, -0.1) is 0 Å². The summed E-state index contributed by atoms with van der Waals surface area (Å²) in [6.45, 7) is 15.8. The van der Waals surface area contributed by atoms with E-state index in [0.29, 0.717) is 74.2 Å². The van der Waals surface area contributed by atoms with Crippen LogP contribution in [0, 0.1) is 0 Å². The first-order valence-corrected chi connectivity index (χ1v) is 23.9. The zero-order chi connectivity index (χ0) is 47.3. The van der Waals surface area contributed by atoms with Crippen LogP contribution in [0.1, 0.15) is 62.9 Å². The minimum absolute atomic E-state index is 0.106. The number of pyridine rings is 2. The van der Waals surface area contributed by atoms with E-state index in [-0.39, 0.29) is 30.6 Å². The standard InChI is InChI=1S/C26H32N6O2.C25H31N5O4/c1-17-7-4-5-12-32(17)26-29-23-21(24(30-26)31-13-14-34-16-18(31)2)10-11-22(28-23)19-8-6-9-20(15-19)25(33)27-3;1-16-14-33-10-8-29(16)24-20-5-6-21(18-4-7-22(32-3)19(12-18)13-31)26-23(20)27-25(28-24)30-9-11-34-15-17(30)2/h6,8-11,15,17-18H,4-5,7,12-14,16H2,1-3H3,(H,27,33);4-7,12,16-17,31H,8-11,13-15H2,1-3H3/t17-,18-;16-,17-/m00/s1. The minimum atomic E-state index is -0.116. The lowest BCUT2D eigenvalue weighted by molar-refractivity contribution is 0.0962. The van der Waals surface area contributed by atoms with Gasteiger partial charge >= 0.3 is 0 Å². The topological polar surface area (TPSA) is 177 Å². The second kappa shape index (κ2) is 20.9. The third-order valence-corrected chi connectivity index (χ3v) is 13.4. The Morgan fingerprint density at radius 2 is 1.19 bits per heavy atom. The number of aliphatic hydroxyl groups is 1. The van der Waals surface area contributed by atoms with Crippen molar-refractivity contribution in [2.75, 3.05) is 99.6 Å². The van der Waals surface area contributed by atoms with Crippen molar-refractivity contribution in [3.8, 4) is 28.3 Å². The Morgan fingerprint density at radius 3 is 1.71 bits per heavy atom. The molecule has 4 saturated heterocycles. The molecule has 0 spiro atoms. The van der Waals surface area contributed by atoms with E-state index >= 15 is 0 Å². The van der Waals surface area contributed by atoms with E-state index in [1.165, 1.54) is 6.42 Å². The smallest absolute Gasteiger partial charge is 0.251 e. The van der Waals surface area contributed by atoms with Gasteiger partial charge in [0, 0.05) is 61.5 Å². The van der Waals surface area contributed by atoms with Crippen molar-refractivity contribution in [1.82, 2.24) is 35.2 Å². The van der Waals surface area contributed by atoms with Crippen LogP contribution in [0.25, 0.3) is 44.6 Å². The predicted octanol–water partition coefficient (Wildman–Crippen LogP) is 6.30. The highest BCUT2D eigenvalue weighted by Gasteiger charge is 2.30. The molecule has 17 heteroatoms. The van der Waals surface area contributed by atoms with Gasteiger partial charge in [-0.1, -0.05) is 12.1 Å². The molecule has 4 atom stereocenters. The van der Waals surface area contributed by atoms with Gasteiger partial charge in [-0.2, -0.15) is 19.9 Å². The molecule has 4 fully saturated rings. The zero-order valence-electron chi connectivity index (χ0n) is 40.0. The number of hydrogen-bond donors (Lipinski definition) is 2. The second-order valence-electron chi connectivity index (χ2n) is 18.1. The average molecular weight is 926 g/mol. The molecule has 10 rings (SSSR count). The monoisotopic (exact) mass is 925 g/mol. The number of ether oxygens (including phenoxy) is 4. The number of amides is 1. The minimum Gasteiger partial charge on any atom is -0.496 e. The largest absolute Gasteiger partial charge is 0.496 e. The summed E-state index contributed by atoms with van der Waals surface area (Å²) < 4.78 is 22.3. The number of aliphatic hydroxyl groups excluding tert-OH is 1. The van der Waals surface area contributed by atoms with Crippen LogP contribution in [0.2, 0.25) is 0 Å². The number of morpholine rings is 3. The summed E-state index contributed by atoms with van der Waals surface area (Å²) in [5, 5.41) is 14.3. The molecule has 358 valence electrons. The van der Waals surface area contributed by atoms with Crippen LogP contribution >= 0.6 is 0 Å². The Balaban J connectivity index is 0.000000170. The first-order chi connectivity index (χ1) is 33.1. The number of piperidine rings is 1. The maximum atomic E-state index is 12.1. The van der Waals surface area contributed by atoms with Gasteiger partial charge in [0.25, 0.3) is 5.91 Å². The second-order valence-corrected chi connectivity index (χ2v) is 18.1. The van der Waals surface area contributed by atoms with Crippen molar-refractivity contribution in [3.63, 3.8) is 0 Å². The summed E-state index contributed by atoms with van der Waals surface area (Å²) in [5.74, 6) is 3.77. The fraction of sp³-hybridized carbons (Fsp3) is 0.471. The third kappa shape index (κ3) is 9.84. The Hall–Kier alpha value is -6.27. The molecule has 0 radical (unpaired) electrons. The molecule has 0 bridgehead atoms. The summed E-state index contributed by atoms with van der Waals surface area (Å²) in [6.07, 6.45) is 3.53. The number of aromatic nitrogens is 6. The lowest BCUT2D eigenvalue weighted by atomic mass is 10.0. The fourth-order valence-electron chi connectivity index (χ4n) is 9.51. The highest BCUT2D eigenvalue weighted by molar-refractivity contribution is 5.96. The van der Waals surface area contributed by atoms with Crippen LogP contribution in [0.3, 0.4) is 0 Å². The number of carbonyl (C=O) groups is 1. The maximum absolute atomic E-state index is 12.1. The van der Waals surface area contributed by atoms with Crippen molar-refractivity contribution < 1.29 is 28.8 Å². The lowest BCUT2D eigenvalue weighted by Gasteiger charge is -2.37. The number of nitrogens with one attached hydrogen (secondary N) is 1. The molecular formula is C51H63N11O6. The molecule has 1 amide bonds. The van der Waals surface area contributed by atoms with Gasteiger partial charge in [-0.25, -0.2) is 9.97 Å². The summed E-state index contributed by atoms with van der Waals surface area (Å²) in [4.78, 5) is 51.2. The van der Waals surface area contributed by atoms with Gasteiger partial charge < -0.3 is 49.0 Å². The average Bonchev–Trinajstić information content (AvgIpc) is 3.38. The Labute approximate surface area is 397 Å².